The van der Waals surface area contributed by atoms with Crippen LogP contribution in [0.25, 0.3) is 0 Å². The van der Waals surface area contributed by atoms with Crippen LogP contribution in [0.15, 0.2) is 54.0 Å². The molecule has 0 aliphatic carbocycles. The van der Waals surface area contributed by atoms with Gasteiger partial charge in [-0.25, -0.2) is 13.8 Å². The molecule has 122 valence electrons. The van der Waals surface area contributed by atoms with Crippen molar-refractivity contribution in [2.24, 2.45) is 0 Å². The number of nitrogens with zero attached hydrogens (tertiary/aromatic N) is 2. The maximum atomic E-state index is 14.2. The Morgan fingerprint density at radius 2 is 2.04 bits per heavy atom. The fourth-order valence-corrected chi connectivity index (χ4v) is 3.08. The first-order chi connectivity index (χ1) is 11.5. The standard InChI is InChI=1S/C17H11ClF2N2OS/c18-16-8-11(5-6-21-16)17(23)22(10-13-2-1-7-24-13)15-4-3-12(19)9-14(15)20/h1-9H,10H2. The van der Waals surface area contributed by atoms with Crippen LogP contribution in [0.4, 0.5) is 14.5 Å². The molecule has 3 rings (SSSR count). The summed E-state index contributed by atoms with van der Waals surface area (Å²) >= 11 is 7.27. The van der Waals surface area contributed by atoms with Gasteiger partial charge in [0.05, 0.1) is 12.2 Å². The summed E-state index contributed by atoms with van der Waals surface area (Å²) < 4.78 is 27.4. The summed E-state index contributed by atoms with van der Waals surface area (Å²) in [6.07, 6.45) is 1.40. The van der Waals surface area contributed by atoms with Crippen molar-refractivity contribution < 1.29 is 13.6 Å². The van der Waals surface area contributed by atoms with Gasteiger partial charge >= 0.3 is 0 Å². The molecule has 2 heterocycles. The summed E-state index contributed by atoms with van der Waals surface area (Å²) in [7, 11) is 0. The van der Waals surface area contributed by atoms with Crippen molar-refractivity contribution in [2.75, 3.05) is 4.90 Å². The molecule has 0 saturated carbocycles. The topological polar surface area (TPSA) is 33.2 Å². The SMILES string of the molecule is O=C(c1ccnc(Cl)c1)N(Cc1cccs1)c1ccc(F)cc1F. The molecule has 0 atom stereocenters. The van der Waals surface area contributed by atoms with Gasteiger partial charge in [-0.2, -0.15) is 0 Å². The number of hydrogen-bond donors (Lipinski definition) is 0. The smallest absolute Gasteiger partial charge is 0.258 e. The van der Waals surface area contributed by atoms with Crippen molar-refractivity contribution in [1.82, 2.24) is 4.98 Å². The van der Waals surface area contributed by atoms with Crippen molar-refractivity contribution in [3.05, 3.63) is 81.3 Å². The molecule has 1 aromatic carbocycles. The van der Waals surface area contributed by atoms with Crippen LogP contribution < -0.4 is 4.90 Å². The summed E-state index contributed by atoms with van der Waals surface area (Å²) in [4.78, 5) is 18.8. The number of hydrogen-bond acceptors (Lipinski definition) is 3. The number of rotatable bonds is 4. The maximum Gasteiger partial charge on any atom is 0.258 e. The van der Waals surface area contributed by atoms with Crippen LogP contribution >= 0.6 is 22.9 Å². The number of pyridine rings is 1. The normalized spacial score (nSPS) is 10.6. The molecule has 0 aliphatic heterocycles. The van der Waals surface area contributed by atoms with Crippen molar-refractivity contribution in [1.29, 1.82) is 0 Å². The number of carbonyl (C=O) groups excluding carboxylic acids is 1. The molecule has 0 saturated heterocycles. The van der Waals surface area contributed by atoms with Crippen LogP contribution in [0.3, 0.4) is 0 Å². The molecule has 1 amide bonds. The zero-order chi connectivity index (χ0) is 17.1. The molecule has 0 N–H and O–H groups in total. The third-order valence-corrected chi connectivity index (χ3v) is 4.38. The van der Waals surface area contributed by atoms with Crippen molar-refractivity contribution in [3.63, 3.8) is 0 Å². The van der Waals surface area contributed by atoms with Crippen LogP contribution in [0.2, 0.25) is 5.15 Å². The van der Waals surface area contributed by atoms with Crippen molar-refractivity contribution >= 4 is 34.5 Å². The second-order valence-electron chi connectivity index (χ2n) is 4.93. The number of aromatic nitrogens is 1. The first kappa shape index (κ1) is 16.5. The molecule has 0 spiro atoms. The third kappa shape index (κ3) is 3.60. The lowest BCUT2D eigenvalue weighted by Gasteiger charge is -2.23. The summed E-state index contributed by atoms with van der Waals surface area (Å²) in [5.41, 5.74) is 0.276. The number of anilines is 1. The lowest BCUT2D eigenvalue weighted by molar-refractivity contribution is 0.0984. The molecule has 0 radical (unpaired) electrons. The van der Waals surface area contributed by atoms with Crippen LogP contribution in [0.1, 0.15) is 15.2 Å². The highest BCUT2D eigenvalue weighted by atomic mass is 35.5. The zero-order valence-corrected chi connectivity index (χ0v) is 13.8. The van der Waals surface area contributed by atoms with Gasteiger partial charge in [-0.05, 0) is 35.7 Å². The highest BCUT2D eigenvalue weighted by Crippen LogP contribution is 2.26. The minimum absolute atomic E-state index is 0.00253. The fourth-order valence-electron chi connectivity index (χ4n) is 2.22. The number of carbonyl (C=O) groups is 1. The van der Waals surface area contributed by atoms with Gasteiger partial charge in [0.15, 0.2) is 0 Å². The van der Waals surface area contributed by atoms with Crippen molar-refractivity contribution in [2.45, 2.75) is 6.54 Å². The van der Waals surface area contributed by atoms with Crippen molar-refractivity contribution in [3.8, 4) is 0 Å². The molecule has 3 nitrogen and oxygen atoms in total. The van der Waals surface area contributed by atoms with E-state index in [4.69, 9.17) is 11.6 Å². The minimum atomic E-state index is -0.806. The Bertz CT molecular complexity index is 871. The summed E-state index contributed by atoms with van der Waals surface area (Å²) in [5, 5.41) is 2.03. The molecule has 2 aromatic heterocycles. The molecular weight excluding hydrogens is 354 g/mol. The molecule has 0 bridgehead atoms. The van der Waals surface area contributed by atoms with E-state index in [0.717, 1.165) is 17.0 Å². The Labute approximate surface area is 146 Å². The van der Waals surface area contributed by atoms with E-state index in [-0.39, 0.29) is 22.9 Å². The van der Waals surface area contributed by atoms with E-state index in [0.29, 0.717) is 0 Å². The van der Waals surface area contributed by atoms with Gasteiger partial charge in [0.25, 0.3) is 5.91 Å². The van der Waals surface area contributed by atoms with Crippen LogP contribution in [-0.4, -0.2) is 10.9 Å². The quantitative estimate of drug-likeness (QED) is 0.615. The average molecular weight is 365 g/mol. The first-order valence-electron chi connectivity index (χ1n) is 6.95. The van der Waals surface area contributed by atoms with Crippen LogP contribution in [0.5, 0.6) is 0 Å². The van der Waals surface area contributed by atoms with E-state index in [1.165, 1.54) is 40.6 Å². The largest absolute Gasteiger partial charge is 0.300 e. The van der Waals surface area contributed by atoms with Gasteiger partial charge in [-0.15, -0.1) is 11.3 Å². The minimum Gasteiger partial charge on any atom is -0.300 e. The van der Waals surface area contributed by atoms with Gasteiger partial charge in [0, 0.05) is 22.7 Å². The van der Waals surface area contributed by atoms with Gasteiger partial charge < -0.3 is 4.90 Å². The van der Waals surface area contributed by atoms with E-state index < -0.39 is 17.5 Å². The second kappa shape index (κ2) is 7.07. The number of benzene rings is 1. The predicted octanol–water partition coefficient (Wildman–Crippen LogP) is 4.92. The molecule has 0 unspecified atom stereocenters. The van der Waals surface area contributed by atoms with Gasteiger partial charge in [0.2, 0.25) is 0 Å². The van der Waals surface area contributed by atoms with Gasteiger partial charge in [-0.3, -0.25) is 4.79 Å². The Morgan fingerprint density at radius 3 is 2.71 bits per heavy atom. The van der Waals surface area contributed by atoms with Crippen LogP contribution in [0, 0.1) is 11.6 Å². The Balaban J connectivity index is 2.02. The van der Waals surface area contributed by atoms with Gasteiger partial charge in [0.1, 0.15) is 16.8 Å². The van der Waals surface area contributed by atoms with E-state index in [1.54, 1.807) is 0 Å². The van der Waals surface area contributed by atoms with Crippen LogP contribution in [-0.2, 0) is 6.54 Å². The Morgan fingerprint density at radius 1 is 1.21 bits per heavy atom. The number of amides is 1. The van der Waals surface area contributed by atoms with E-state index >= 15 is 0 Å². The summed E-state index contributed by atoms with van der Waals surface area (Å²) in [6, 6.07) is 9.71. The zero-order valence-electron chi connectivity index (χ0n) is 12.2. The monoisotopic (exact) mass is 364 g/mol. The summed E-state index contributed by atoms with van der Waals surface area (Å²) in [5.74, 6) is -1.95. The van der Waals surface area contributed by atoms with E-state index in [9.17, 15) is 13.6 Å². The molecule has 3 aromatic rings. The molecule has 7 heteroatoms. The fraction of sp³-hybridized carbons (Fsp3) is 0.0588. The lowest BCUT2D eigenvalue weighted by atomic mass is 10.2. The van der Waals surface area contributed by atoms with E-state index in [2.05, 4.69) is 4.98 Å². The van der Waals surface area contributed by atoms with Gasteiger partial charge in [-0.1, -0.05) is 17.7 Å². The molecular formula is C17H11ClF2N2OS. The Hall–Kier alpha value is -2.31. The first-order valence-corrected chi connectivity index (χ1v) is 8.21. The number of halogens is 3. The molecule has 24 heavy (non-hydrogen) atoms. The lowest BCUT2D eigenvalue weighted by Crippen LogP contribution is -2.31. The second-order valence-corrected chi connectivity index (χ2v) is 6.35. The number of thiophene rings is 1. The predicted molar refractivity (Wildman–Crippen MR) is 90.4 cm³/mol. The van der Waals surface area contributed by atoms with E-state index in [1.807, 2.05) is 17.5 Å². The molecule has 0 aliphatic rings. The average Bonchev–Trinajstić information content (AvgIpc) is 3.06. The summed E-state index contributed by atoms with van der Waals surface area (Å²) in [6.45, 7) is 0.166. The third-order valence-electron chi connectivity index (χ3n) is 3.31. The highest BCUT2D eigenvalue weighted by Gasteiger charge is 2.22. The maximum absolute atomic E-state index is 14.2. The highest BCUT2D eigenvalue weighted by molar-refractivity contribution is 7.09. The Kier molecular flexibility index (Phi) is 4.87. The molecule has 0 fully saturated rings.